The van der Waals surface area contributed by atoms with E-state index in [4.69, 9.17) is 20.6 Å². The topological polar surface area (TPSA) is 118 Å². The molecule has 0 unspecified atom stereocenters. The summed E-state index contributed by atoms with van der Waals surface area (Å²) in [5.41, 5.74) is 8.17. The SMILES string of the molecule is COc1cc(C#CC(C)(C)N2CCOCC2)ccc1-n1c(=N)nc(N)c2[nH]cnc21. The lowest BCUT2D eigenvalue weighted by Gasteiger charge is -2.37. The summed E-state index contributed by atoms with van der Waals surface area (Å²) in [7, 11) is 1.59. The molecule has 1 aliphatic heterocycles. The third-order valence-electron chi connectivity index (χ3n) is 5.26. The van der Waals surface area contributed by atoms with Crippen LogP contribution >= 0.6 is 0 Å². The Morgan fingerprint density at radius 3 is 2.80 bits per heavy atom. The average Bonchev–Trinajstić information content (AvgIpc) is 3.23. The van der Waals surface area contributed by atoms with Crippen molar-refractivity contribution in [3.8, 4) is 23.3 Å². The molecule has 3 aromatic rings. The van der Waals surface area contributed by atoms with Gasteiger partial charge in [-0.05, 0) is 32.0 Å². The number of nitrogens with one attached hydrogen (secondary N) is 2. The van der Waals surface area contributed by atoms with Crippen LogP contribution in [0.15, 0.2) is 24.5 Å². The van der Waals surface area contributed by atoms with Crippen LogP contribution in [0.4, 0.5) is 5.82 Å². The summed E-state index contributed by atoms with van der Waals surface area (Å²) in [6.07, 6.45) is 1.53. The van der Waals surface area contributed by atoms with Crippen molar-refractivity contribution in [3.05, 3.63) is 35.7 Å². The molecular formula is C21H25N7O2. The fourth-order valence-electron chi connectivity index (χ4n) is 3.56. The lowest BCUT2D eigenvalue weighted by molar-refractivity contribution is 0.00739. The third kappa shape index (κ3) is 3.63. The fraction of sp³-hybridized carbons (Fsp3) is 0.381. The van der Waals surface area contributed by atoms with E-state index < -0.39 is 0 Å². The zero-order chi connectivity index (χ0) is 21.3. The van der Waals surface area contributed by atoms with Gasteiger partial charge in [0.25, 0.3) is 0 Å². The molecule has 0 radical (unpaired) electrons. The molecule has 0 atom stereocenters. The number of aromatic amines is 1. The predicted molar refractivity (Wildman–Crippen MR) is 113 cm³/mol. The van der Waals surface area contributed by atoms with E-state index in [1.54, 1.807) is 11.7 Å². The number of morpholine rings is 1. The maximum atomic E-state index is 8.29. The van der Waals surface area contributed by atoms with E-state index in [9.17, 15) is 0 Å². The van der Waals surface area contributed by atoms with Crippen molar-refractivity contribution in [1.82, 2.24) is 24.4 Å². The number of anilines is 1. The van der Waals surface area contributed by atoms with Crippen LogP contribution in [0.3, 0.4) is 0 Å². The highest BCUT2D eigenvalue weighted by molar-refractivity contribution is 5.82. The molecule has 156 valence electrons. The van der Waals surface area contributed by atoms with Gasteiger partial charge >= 0.3 is 0 Å². The number of hydrogen-bond acceptors (Lipinski definition) is 7. The number of methoxy groups -OCH3 is 1. The third-order valence-corrected chi connectivity index (χ3v) is 5.26. The Labute approximate surface area is 174 Å². The molecule has 4 rings (SSSR count). The van der Waals surface area contributed by atoms with Crippen molar-refractivity contribution in [2.45, 2.75) is 19.4 Å². The highest BCUT2D eigenvalue weighted by Gasteiger charge is 2.26. The van der Waals surface area contributed by atoms with Gasteiger partial charge in [0, 0.05) is 18.7 Å². The molecule has 1 fully saturated rings. The van der Waals surface area contributed by atoms with E-state index in [0.29, 0.717) is 22.6 Å². The monoisotopic (exact) mass is 407 g/mol. The van der Waals surface area contributed by atoms with Gasteiger partial charge in [-0.15, -0.1) is 0 Å². The number of imidazole rings is 1. The number of H-pyrrole nitrogens is 1. The lowest BCUT2D eigenvalue weighted by atomic mass is 10.0. The van der Waals surface area contributed by atoms with Crippen LogP contribution in [0, 0.1) is 17.3 Å². The minimum Gasteiger partial charge on any atom is -0.495 e. The molecular weight excluding hydrogens is 382 g/mol. The van der Waals surface area contributed by atoms with Gasteiger partial charge < -0.3 is 20.2 Å². The molecule has 1 aromatic carbocycles. The molecule has 1 saturated heterocycles. The van der Waals surface area contributed by atoms with Crippen LogP contribution in [0.1, 0.15) is 19.4 Å². The van der Waals surface area contributed by atoms with Gasteiger partial charge in [0.1, 0.15) is 11.3 Å². The molecule has 0 amide bonds. The molecule has 9 nitrogen and oxygen atoms in total. The van der Waals surface area contributed by atoms with Crippen molar-refractivity contribution in [3.63, 3.8) is 0 Å². The molecule has 30 heavy (non-hydrogen) atoms. The first-order chi connectivity index (χ1) is 14.4. The molecule has 0 bridgehead atoms. The molecule has 9 heteroatoms. The lowest BCUT2D eigenvalue weighted by Crippen LogP contribution is -2.49. The Balaban J connectivity index is 1.72. The van der Waals surface area contributed by atoms with Crippen LogP contribution in [0.25, 0.3) is 16.9 Å². The van der Waals surface area contributed by atoms with E-state index >= 15 is 0 Å². The molecule has 0 aliphatic carbocycles. The summed E-state index contributed by atoms with van der Waals surface area (Å²) in [6.45, 7) is 7.45. The van der Waals surface area contributed by atoms with Gasteiger partial charge in [0.05, 0.1) is 37.9 Å². The normalized spacial score (nSPS) is 15.0. The van der Waals surface area contributed by atoms with Gasteiger partial charge in [-0.3, -0.25) is 14.9 Å². The molecule has 2 aromatic heterocycles. The number of nitrogens with two attached hydrogens (primary N) is 1. The van der Waals surface area contributed by atoms with Crippen molar-refractivity contribution < 1.29 is 9.47 Å². The van der Waals surface area contributed by atoms with E-state index in [0.717, 1.165) is 31.9 Å². The molecule has 4 N–H and O–H groups in total. The van der Waals surface area contributed by atoms with Gasteiger partial charge in [0.15, 0.2) is 11.5 Å². The Bertz CT molecular complexity index is 1190. The van der Waals surface area contributed by atoms with Crippen LogP contribution in [-0.2, 0) is 4.74 Å². The summed E-state index contributed by atoms with van der Waals surface area (Å²) < 4.78 is 12.6. The number of ether oxygens (including phenoxy) is 2. The van der Waals surface area contributed by atoms with Crippen LogP contribution in [0.5, 0.6) is 5.75 Å². The van der Waals surface area contributed by atoms with Crippen molar-refractivity contribution in [1.29, 1.82) is 5.41 Å². The second-order valence-electron chi connectivity index (χ2n) is 7.55. The number of aromatic nitrogens is 4. The number of benzene rings is 1. The average molecular weight is 407 g/mol. The first kappa shape index (κ1) is 19.9. The minimum atomic E-state index is -0.263. The molecule has 1 aliphatic rings. The minimum absolute atomic E-state index is 0.0299. The summed E-state index contributed by atoms with van der Waals surface area (Å²) >= 11 is 0. The molecule has 3 heterocycles. The summed E-state index contributed by atoms with van der Waals surface area (Å²) in [4.78, 5) is 13.7. The fourth-order valence-corrected chi connectivity index (χ4v) is 3.56. The van der Waals surface area contributed by atoms with Crippen LogP contribution in [-0.4, -0.2) is 63.4 Å². The van der Waals surface area contributed by atoms with E-state index in [-0.39, 0.29) is 17.0 Å². The quantitative estimate of drug-likeness (QED) is 0.563. The van der Waals surface area contributed by atoms with Gasteiger partial charge in [-0.25, -0.2) is 4.98 Å². The predicted octanol–water partition coefficient (Wildman–Crippen LogP) is 1.28. The summed E-state index contributed by atoms with van der Waals surface area (Å²) in [6, 6.07) is 5.62. The van der Waals surface area contributed by atoms with Crippen molar-refractivity contribution in [2.24, 2.45) is 0 Å². The number of rotatable bonds is 3. The van der Waals surface area contributed by atoms with Crippen molar-refractivity contribution >= 4 is 17.0 Å². The maximum absolute atomic E-state index is 8.29. The second kappa shape index (κ2) is 7.82. The largest absolute Gasteiger partial charge is 0.495 e. The summed E-state index contributed by atoms with van der Waals surface area (Å²) in [5.74, 6) is 7.44. The number of nitrogen functional groups attached to an aromatic ring is 1. The second-order valence-corrected chi connectivity index (χ2v) is 7.55. The maximum Gasteiger partial charge on any atom is 0.230 e. The zero-order valence-corrected chi connectivity index (χ0v) is 17.3. The summed E-state index contributed by atoms with van der Waals surface area (Å²) in [5, 5.41) is 8.29. The van der Waals surface area contributed by atoms with E-state index in [1.165, 1.54) is 6.33 Å². The number of fused-ring (bicyclic) bond motifs is 1. The Morgan fingerprint density at radius 1 is 1.30 bits per heavy atom. The number of hydrogen-bond donors (Lipinski definition) is 3. The Hall–Kier alpha value is -3.35. The Morgan fingerprint density at radius 2 is 2.07 bits per heavy atom. The van der Waals surface area contributed by atoms with E-state index in [2.05, 4.69) is 45.5 Å². The first-order valence-corrected chi connectivity index (χ1v) is 9.71. The highest BCUT2D eigenvalue weighted by atomic mass is 16.5. The van der Waals surface area contributed by atoms with Crippen molar-refractivity contribution in [2.75, 3.05) is 39.1 Å². The standard InChI is InChI=1S/C21H25N7O2/c1-21(2,27-8-10-30-11-9-27)7-6-14-4-5-15(16(12-14)29-3)28-19-17(24-13-25-19)18(22)26-20(28)23/h4-5,12-13H,8-11H2,1-3H3,(H,24,25)(H3,22,23,26). The molecule has 0 spiro atoms. The zero-order valence-electron chi connectivity index (χ0n) is 17.3. The number of nitrogens with zero attached hydrogens (tertiary/aromatic N) is 4. The molecule has 0 saturated carbocycles. The van der Waals surface area contributed by atoms with E-state index in [1.807, 2.05) is 18.2 Å². The smallest absolute Gasteiger partial charge is 0.230 e. The Kier molecular flexibility index (Phi) is 5.20. The first-order valence-electron chi connectivity index (χ1n) is 9.71. The van der Waals surface area contributed by atoms with Gasteiger partial charge in [-0.2, -0.15) is 4.98 Å². The van der Waals surface area contributed by atoms with Gasteiger partial charge in [-0.1, -0.05) is 11.8 Å². The van der Waals surface area contributed by atoms with Crippen LogP contribution < -0.4 is 16.1 Å². The van der Waals surface area contributed by atoms with Crippen LogP contribution in [0.2, 0.25) is 0 Å². The highest BCUT2D eigenvalue weighted by Crippen LogP contribution is 2.26. The van der Waals surface area contributed by atoms with Gasteiger partial charge in [0.2, 0.25) is 5.62 Å².